The van der Waals surface area contributed by atoms with Crippen molar-refractivity contribution in [1.29, 1.82) is 0 Å². The van der Waals surface area contributed by atoms with Crippen LogP contribution in [-0.4, -0.2) is 54.1 Å². The maximum absolute atomic E-state index is 13.4. The molecule has 36 heavy (non-hydrogen) atoms. The Morgan fingerprint density at radius 1 is 1.08 bits per heavy atom. The van der Waals surface area contributed by atoms with Crippen LogP contribution in [0, 0.1) is 5.92 Å². The first-order valence-electron chi connectivity index (χ1n) is 12.3. The molecule has 1 saturated heterocycles. The van der Waals surface area contributed by atoms with Crippen molar-refractivity contribution < 1.29 is 23.9 Å². The minimum atomic E-state index is -1.01. The van der Waals surface area contributed by atoms with Crippen LogP contribution in [0.15, 0.2) is 54.6 Å². The zero-order chi connectivity index (χ0) is 26.3. The van der Waals surface area contributed by atoms with Crippen molar-refractivity contribution >= 4 is 29.4 Å². The Balaban J connectivity index is 1.70. The van der Waals surface area contributed by atoms with Gasteiger partial charge in [0.1, 0.15) is 11.7 Å². The van der Waals surface area contributed by atoms with Crippen LogP contribution >= 0.6 is 11.6 Å². The molecule has 0 spiro atoms. The predicted octanol–water partition coefficient (Wildman–Crippen LogP) is 5.43. The number of halogens is 1. The number of Topliss-reactive ketones (excluding diaryl/α,β-unsaturated/α-hetero) is 1. The number of likely N-dealkylation sites (tertiary alicyclic amines) is 1. The van der Waals surface area contributed by atoms with E-state index in [1.165, 1.54) is 0 Å². The number of piperidine rings is 1. The standard InChI is InChI=1S/C28H35ClN2O5/c1-5-19-15-16-31(17-23(32)20-11-13-22(29)14-12-20)18-24(19)35-26(33)25(21-9-7-6-8-10-21)30-27(34)36-28(2,3)4/h6-14,19,24-25H,5,15-18H2,1-4H3,(H,30,34)/t19?,24-,25?/m0/s1. The van der Waals surface area contributed by atoms with Crippen LogP contribution in [0.3, 0.4) is 0 Å². The fourth-order valence-electron chi connectivity index (χ4n) is 4.27. The summed E-state index contributed by atoms with van der Waals surface area (Å²) in [5.41, 5.74) is 0.492. The van der Waals surface area contributed by atoms with Gasteiger partial charge in [0.05, 0.1) is 6.54 Å². The quantitative estimate of drug-likeness (QED) is 0.373. The summed E-state index contributed by atoms with van der Waals surface area (Å²) in [6.07, 6.45) is 0.546. The van der Waals surface area contributed by atoms with Gasteiger partial charge < -0.3 is 14.8 Å². The molecule has 2 unspecified atom stereocenters. The molecule has 1 amide bonds. The summed E-state index contributed by atoms with van der Waals surface area (Å²) in [6, 6.07) is 14.8. The van der Waals surface area contributed by atoms with E-state index in [-0.39, 0.29) is 18.2 Å². The van der Waals surface area contributed by atoms with E-state index in [2.05, 4.69) is 12.2 Å². The predicted molar refractivity (Wildman–Crippen MR) is 139 cm³/mol. The van der Waals surface area contributed by atoms with Gasteiger partial charge >= 0.3 is 12.1 Å². The maximum atomic E-state index is 13.4. The van der Waals surface area contributed by atoms with Crippen molar-refractivity contribution in [3.63, 3.8) is 0 Å². The van der Waals surface area contributed by atoms with Gasteiger partial charge in [0, 0.05) is 17.1 Å². The number of alkyl carbamates (subject to hydrolysis) is 1. The molecule has 0 aromatic heterocycles. The van der Waals surface area contributed by atoms with Crippen LogP contribution in [-0.2, 0) is 14.3 Å². The van der Waals surface area contributed by atoms with Crippen molar-refractivity contribution in [2.45, 2.75) is 58.3 Å². The summed E-state index contributed by atoms with van der Waals surface area (Å²) in [5, 5.41) is 3.25. The summed E-state index contributed by atoms with van der Waals surface area (Å²) in [4.78, 5) is 40.7. The van der Waals surface area contributed by atoms with Gasteiger partial charge in [0.2, 0.25) is 0 Å². The van der Waals surface area contributed by atoms with Crippen LogP contribution in [0.2, 0.25) is 5.02 Å². The highest BCUT2D eigenvalue weighted by molar-refractivity contribution is 6.30. The third kappa shape index (κ3) is 8.07. The average Bonchev–Trinajstić information content (AvgIpc) is 2.82. The molecule has 3 rings (SSSR count). The minimum absolute atomic E-state index is 0.0135. The molecular formula is C28H35ClN2O5. The zero-order valence-electron chi connectivity index (χ0n) is 21.3. The molecule has 2 aromatic rings. The van der Waals surface area contributed by atoms with Gasteiger partial charge in [-0.05, 0) is 75.9 Å². The molecule has 1 aliphatic rings. The smallest absolute Gasteiger partial charge is 0.408 e. The number of nitrogens with zero attached hydrogens (tertiary/aromatic N) is 1. The second kappa shape index (κ2) is 12.4. The van der Waals surface area contributed by atoms with Crippen molar-refractivity contribution in [2.75, 3.05) is 19.6 Å². The minimum Gasteiger partial charge on any atom is -0.459 e. The van der Waals surface area contributed by atoms with E-state index in [1.54, 1.807) is 69.3 Å². The molecule has 0 saturated carbocycles. The monoisotopic (exact) mass is 514 g/mol. The lowest BCUT2D eigenvalue weighted by molar-refractivity contribution is -0.158. The second-order valence-corrected chi connectivity index (χ2v) is 10.5. The molecular weight excluding hydrogens is 480 g/mol. The summed E-state index contributed by atoms with van der Waals surface area (Å²) in [7, 11) is 0. The van der Waals surface area contributed by atoms with Gasteiger partial charge in [-0.15, -0.1) is 0 Å². The zero-order valence-corrected chi connectivity index (χ0v) is 22.1. The highest BCUT2D eigenvalue weighted by Crippen LogP contribution is 2.26. The lowest BCUT2D eigenvalue weighted by Gasteiger charge is -2.38. The van der Waals surface area contributed by atoms with E-state index >= 15 is 0 Å². The number of hydrogen-bond acceptors (Lipinski definition) is 6. The number of amides is 1. The van der Waals surface area contributed by atoms with Crippen molar-refractivity contribution in [3.05, 3.63) is 70.7 Å². The molecule has 1 fully saturated rings. The Morgan fingerprint density at radius 3 is 2.36 bits per heavy atom. The molecule has 194 valence electrons. The summed E-state index contributed by atoms with van der Waals surface area (Å²) < 4.78 is 11.4. The molecule has 2 aromatic carbocycles. The van der Waals surface area contributed by atoms with Gasteiger partial charge in [-0.3, -0.25) is 9.69 Å². The number of ketones is 1. The molecule has 8 heteroatoms. The normalized spacial score (nSPS) is 19.2. The van der Waals surface area contributed by atoms with E-state index in [1.807, 2.05) is 11.0 Å². The molecule has 0 bridgehead atoms. The van der Waals surface area contributed by atoms with Gasteiger partial charge in [0.25, 0.3) is 0 Å². The number of esters is 1. The van der Waals surface area contributed by atoms with Crippen LogP contribution in [0.5, 0.6) is 0 Å². The fraction of sp³-hybridized carbons (Fsp3) is 0.464. The SMILES string of the molecule is CCC1CCN(CC(=O)c2ccc(Cl)cc2)C[C@@H]1OC(=O)C(NC(=O)OC(C)(C)C)c1ccccc1. The topological polar surface area (TPSA) is 84.9 Å². The van der Waals surface area contributed by atoms with Crippen molar-refractivity contribution in [2.24, 2.45) is 5.92 Å². The molecule has 3 atom stereocenters. The number of hydrogen-bond donors (Lipinski definition) is 1. The molecule has 1 heterocycles. The van der Waals surface area contributed by atoms with Gasteiger partial charge in [-0.1, -0.05) is 48.9 Å². The third-order valence-corrected chi connectivity index (χ3v) is 6.39. The van der Waals surface area contributed by atoms with E-state index < -0.39 is 29.8 Å². The first-order chi connectivity index (χ1) is 17.1. The second-order valence-electron chi connectivity index (χ2n) is 10.1. The van der Waals surface area contributed by atoms with Gasteiger partial charge in [0.15, 0.2) is 11.8 Å². The third-order valence-electron chi connectivity index (χ3n) is 6.14. The Hall–Kier alpha value is -2.90. The number of nitrogens with one attached hydrogen (secondary N) is 1. The van der Waals surface area contributed by atoms with E-state index in [0.29, 0.717) is 22.7 Å². The van der Waals surface area contributed by atoms with Crippen LogP contribution in [0.1, 0.15) is 62.5 Å². The maximum Gasteiger partial charge on any atom is 0.408 e. The highest BCUT2D eigenvalue weighted by Gasteiger charge is 2.35. The molecule has 7 nitrogen and oxygen atoms in total. The van der Waals surface area contributed by atoms with Crippen molar-refractivity contribution in [3.8, 4) is 0 Å². The summed E-state index contributed by atoms with van der Waals surface area (Å²) in [6.45, 7) is 8.75. The number of ether oxygens (including phenoxy) is 2. The number of carbonyl (C=O) groups excluding carboxylic acids is 3. The van der Waals surface area contributed by atoms with Crippen LogP contribution in [0.25, 0.3) is 0 Å². The van der Waals surface area contributed by atoms with Gasteiger partial charge in [-0.2, -0.15) is 0 Å². The van der Waals surface area contributed by atoms with Crippen LogP contribution in [0.4, 0.5) is 4.79 Å². The number of rotatable bonds is 8. The highest BCUT2D eigenvalue weighted by atomic mass is 35.5. The molecule has 0 radical (unpaired) electrons. The van der Waals surface area contributed by atoms with E-state index in [0.717, 1.165) is 19.4 Å². The Labute approximate surface area is 218 Å². The fourth-order valence-corrected chi connectivity index (χ4v) is 4.40. The summed E-state index contributed by atoms with van der Waals surface area (Å²) >= 11 is 5.94. The molecule has 1 N–H and O–H groups in total. The van der Waals surface area contributed by atoms with Crippen molar-refractivity contribution in [1.82, 2.24) is 10.2 Å². The Bertz CT molecular complexity index is 1040. The first-order valence-corrected chi connectivity index (χ1v) is 12.7. The van der Waals surface area contributed by atoms with E-state index in [4.69, 9.17) is 21.1 Å². The largest absolute Gasteiger partial charge is 0.459 e. The molecule has 1 aliphatic heterocycles. The lowest BCUT2D eigenvalue weighted by Crippen LogP contribution is -2.48. The Morgan fingerprint density at radius 2 is 1.75 bits per heavy atom. The van der Waals surface area contributed by atoms with Crippen LogP contribution < -0.4 is 5.32 Å². The lowest BCUT2D eigenvalue weighted by atomic mass is 9.91. The first kappa shape index (κ1) is 27.7. The number of benzene rings is 2. The average molecular weight is 515 g/mol. The Kier molecular flexibility index (Phi) is 9.51. The number of carbonyl (C=O) groups is 3. The molecule has 0 aliphatic carbocycles. The van der Waals surface area contributed by atoms with Gasteiger partial charge in [-0.25, -0.2) is 9.59 Å². The summed E-state index contributed by atoms with van der Waals surface area (Å²) in [5.74, 6) is -0.407. The van der Waals surface area contributed by atoms with E-state index in [9.17, 15) is 14.4 Å².